The number of nitrogens with zero attached hydrogens (tertiary/aromatic N) is 5. The Hall–Kier alpha value is -5.86. The molecule has 1 unspecified atom stereocenters. The average Bonchev–Trinajstić information content (AvgIpc) is 4.02. The SMILES string of the molecule is CC[C@H](C)[C@@H]([C@@H](CC(=O)N1CCC[C@H]1[C@H](OC)[C@@H](C)C(=O)N[C@@H](Cc1ccccc1)C(=O)O)OC)N(C)C(=O)[C@H](C(C)C)N(C)C(=O)[C@H](C(C)C)N(C)C(=O)OCc1ccc(CC(=O)CCCCCN2C(=O)CC(SC)C2=O)cc1. The zero-order chi connectivity index (χ0) is 59.5. The summed E-state index contributed by atoms with van der Waals surface area (Å²) in [6.07, 6.45) is 4.29. The van der Waals surface area contributed by atoms with E-state index in [-0.39, 0.29) is 84.7 Å². The molecule has 0 aromatic heterocycles. The van der Waals surface area contributed by atoms with Crippen molar-refractivity contribution in [2.45, 2.75) is 173 Å². The van der Waals surface area contributed by atoms with Gasteiger partial charge in [-0.1, -0.05) is 116 Å². The molecule has 4 rings (SSSR count). The van der Waals surface area contributed by atoms with Gasteiger partial charge >= 0.3 is 12.1 Å². The molecule has 2 aliphatic heterocycles. The minimum absolute atomic E-state index is 0.0709. The maximum atomic E-state index is 14.9. The van der Waals surface area contributed by atoms with Crippen LogP contribution in [0.1, 0.15) is 123 Å². The quantitative estimate of drug-likeness (QED) is 0.0577. The molecule has 2 N–H and O–H groups in total. The first-order valence-electron chi connectivity index (χ1n) is 28.2. The van der Waals surface area contributed by atoms with Crippen molar-refractivity contribution >= 4 is 65.1 Å². The maximum absolute atomic E-state index is 14.9. The average molecular weight is 1140 g/mol. The van der Waals surface area contributed by atoms with E-state index in [1.54, 1.807) is 67.2 Å². The van der Waals surface area contributed by atoms with Crippen molar-refractivity contribution in [1.29, 1.82) is 0 Å². The number of carbonyl (C=O) groups excluding carboxylic acids is 8. The Bertz CT molecular complexity index is 2410. The summed E-state index contributed by atoms with van der Waals surface area (Å²) in [6.45, 7) is 13.6. The monoisotopic (exact) mass is 1130 g/mol. The van der Waals surface area contributed by atoms with Crippen LogP contribution in [0.2, 0.25) is 0 Å². The maximum Gasteiger partial charge on any atom is 0.410 e. The van der Waals surface area contributed by atoms with E-state index in [4.69, 9.17) is 14.2 Å². The Morgan fingerprint density at radius 3 is 1.96 bits per heavy atom. The lowest BCUT2D eigenvalue weighted by Crippen LogP contribution is -2.60. The van der Waals surface area contributed by atoms with E-state index in [0.29, 0.717) is 57.2 Å². The number of amides is 7. The lowest BCUT2D eigenvalue weighted by molar-refractivity contribution is -0.154. The first kappa shape index (κ1) is 66.7. The molecule has 7 amide bonds. The Kier molecular flexibility index (Phi) is 26.6. The number of rotatable bonds is 32. The van der Waals surface area contributed by atoms with Gasteiger partial charge in [-0.3, -0.25) is 43.4 Å². The van der Waals surface area contributed by atoms with Crippen LogP contribution in [0.4, 0.5) is 4.79 Å². The van der Waals surface area contributed by atoms with Gasteiger partial charge in [-0.15, -0.1) is 0 Å². The largest absolute Gasteiger partial charge is 0.480 e. The second-order valence-corrected chi connectivity index (χ2v) is 23.4. The number of unbranched alkanes of at least 4 members (excludes halogenated alkanes) is 2. The highest BCUT2D eigenvalue weighted by atomic mass is 32.2. The van der Waals surface area contributed by atoms with Gasteiger partial charge in [0.2, 0.25) is 35.4 Å². The summed E-state index contributed by atoms with van der Waals surface area (Å²) < 4.78 is 17.7. The Balaban J connectivity index is 1.37. The summed E-state index contributed by atoms with van der Waals surface area (Å²) in [7, 11) is 7.69. The molecule has 0 bridgehead atoms. The van der Waals surface area contributed by atoms with Crippen molar-refractivity contribution in [3.8, 4) is 0 Å². The number of hydrogen-bond donors (Lipinski definition) is 2. The fourth-order valence-corrected chi connectivity index (χ4v) is 11.9. The van der Waals surface area contributed by atoms with Crippen molar-refractivity contribution in [2.75, 3.05) is 54.7 Å². The van der Waals surface area contributed by atoms with Crippen LogP contribution in [0, 0.1) is 23.7 Å². The molecule has 19 nitrogen and oxygen atoms in total. The number of methoxy groups -OCH3 is 2. The van der Waals surface area contributed by atoms with Gasteiger partial charge < -0.3 is 39.3 Å². The number of ether oxygens (including phenoxy) is 3. The number of carboxylic acid groups (broad SMARTS) is 1. The summed E-state index contributed by atoms with van der Waals surface area (Å²) >= 11 is 1.39. The number of hydrogen-bond acceptors (Lipinski definition) is 13. The molecule has 0 aliphatic carbocycles. The number of likely N-dealkylation sites (tertiary alicyclic amines) is 2. The molecule has 80 heavy (non-hydrogen) atoms. The third kappa shape index (κ3) is 17.8. The van der Waals surface area contributed by atoms with E-state index in [0.717, 1.165) is 17.5 Å². The van der Waals surface area contributed by atoms with Crippen molar-refractivity contribution in [3.05, 3.63) is 71.3 Å². The van der Waals surface area contributed by atoms with Crippen LogP contribution in [0.5, 0.6) is 0 Å². The van der Waals surface area contributed by atoms with Crippen molar-refractivity contribution < 1.29 is 62.5 Å². The normalized spacial score (nSPS) is 18.5. The molecule has 2 heterocycles. The number of benzene rings is 2. The summed E-state index contributed by atoms with van der Waals surface area (Å²) in [5.41, 5.74) is 2.25. The summed E-state index contributed by atoms with van der Waals surface area (Å²) in [4.78, 5) is 128. The molecule has 0 spiro atoms. The van der Waals surface area contributed by atoms with Gasteiger partial charge in [-0.2, -0.15) is 11.8 Å². The first-order chi connectivity index (χ1) is 37.9. The van der Waals surface area contributed by atoms with Crippen molar-refractivity contribution in [3.63, 3.8) is 0 Å². The molecule has 444 valence electrons. The lowest BCUT2D eigenvalue weighted by atomic mass is 9.89. The van der Waals surface area contributed by atoms with Crippen LogP contribution in [0.3, 0.4) is 0 Å². The molecule has 2 fully saturated rings. The number of likely N-dealkylation sites (N-methyl/N-ethyl adjacent to an activating group) is 3. The zero-order valence-corrected chi connectivity index (χ0v) is 50.3. The minimum Gasteiger partial charge on any atom is -0.480 e. The number of nitrogens with one attached hydrogen (secondary N) is 1. The second-order valence-electron chi connectivity index (χ2n) is 22.3. The smallest absolute Gasteiger partial charge is 0.410 e. The minimum atomic E-state index is -1.17. The number of thioether (sulfide) groups is 1. The molecule has 10 atom stereocenters. The summed E-state index contributed by atoms with van der Waals surface area (Å²) in [5.74, 6) is -4.67. The van der Waals surface area contributed by atoms with E-state index in [1.165, 1.54) is 47.7 Å². The van der Waals surface area contributed by atoms with Crippen LogP contribution in [-0.2, 0) is 72.0 Å². The summed E-state index contributed by atoms with van der Waals surface area (Å²) in [5, 5.41) is 12.4. The highest BCUT2D eigenvalue weighted by molar-refractivity contribution is 8.00. The van der Waals surface area contributed by atoms with Gasteiger partial charge in [0.05, 0.1) is 41.9 Å². The van der Waals surface area contributed by atoms with Crippen molar-refractivity contribution in [2.24, 2.45) is 23.7 Å². The lowest BCUT2D eigenvalue weighted by Gasteiger charge is -2.43. The van der Waals surface area contributed by atoms with Crippen LogP contribution < -0.4 is 5.32 Å². The Labute approximate surface area is 478 Å². The predicted molar refractivity (Wildman–Crippen MR) is 306 cm³/mol. The Morgan fingerprint density at radius 1 is 0.787 bits per heavy atom. The molecular formula is C60H90N6O13S. The van der Waals surface area contributed by atoms with Crippen LogP contribution in [0.15, 0.2) is 54.6 Å². The molecule has 0 radical (unpaired) electrons. The molecule has 2 aliphatic rings. The molecule has 2 aromatic carbocycles. The number of ketones is 1. The van der Waals surface area contributed by atoms with E-state index >= 15 is 0 Å². The number of imide groups is 1. The molecule has 20 heteroatoms. The van der Waals surface area contributed by atoms with E-state index in [9.17, 15) is 48.3 Å². The van der Waals surface area contributed by atoms with Gasteiger partial charge in [0.1, 0.15) is 30.5 Å². The van der Waals surface area contributed by atoms with Gasteiger partial charge in [0.15, 0.2) is 0 Å². The van der Waals surface area contributed by atoms with Gasteiger partial charge in [0, 0.05) is 74.1 Å². The molecular weight excluding hydrogens is 1040 g/mol. The van der Waals surface area contributed by atoms with E-state index in [1.807, 2.05) is 66.0 Å². The molecule has 2 aromatic rings. The van der Waals surface area contributed by atoms with Gasteiger partial charge in [0.25, 0.3) is 0 Å². The highest BCUT2D eigenvalue weighted by Crippen LogP contribution is 2.31. The first-order valence-corrected chi connectivity index (χ1v) is 29.5. The Morgan fingerprint density at radius 2 is 1.40 bits per heavy atom. The van der Waals surface area contributed by atoms with Crippen LogP contribution in [0.25, 0.3) is 0 Å². The summed E-state index contributed by atoms with van der Waals surface area (Å²) in [6, 6.07) is 12.0. The van der Waals surface area contributed by atoms with Gasteiger partial charge in [-0.05, 0) is 66.4 Å². The molecule has 2 saturated heterocycles. The highest BCUT2D eigenvalue weighted by Gasteiger charge is 2.45. The number of Topliss-reactive ketones (excluding diaryl/α,β-unsaturated/α-hetero) is 1. The van der Waals surface area contributed by atoms with E-state index in [2.05, 4.69) is 5.32 Å². The molecule has 0 saturated carbocycles. The predicted octanol–water partition coefficient (Wildman–Crippen LogP) is 6.66. The number of aliphatic carboxylic acids is 1. The van der Waals surface area contributed by atoms with Gasteiger partial charge in [-0.25, -0.2) is 9.59 Å². The second kappa shape index (κ2) is 32.0. The third-order valence-electron chi connectivity index (χ3n) is 16.0. The zero-order valence-electron chi connectivity index (χ0n) is 49.5. The fourth-order valence-electron chi connectivity index (χ4n) is 11.3. The number of carboxylic acids is 1. The van der Waals surface area contributed by atoms with E-state index < -0.39 is 72.2 Å². The topological polar surface area (TPSA) is 230 Å². The fraction of sp³-hybridized carbons (Fsp3) is 0.650. The number of carbonyl (C=O) groups is 9. The standard InChI is InChI=1S/C60H90N6O13S/c1-14-39(6)53(47(77-11)34-49(68)65-31-21-25-46(65)54(78-12)40(7)55(70)61-45(59(74)75)33-41-22-17-15-18-23-41)63(9)57(72)51(37(2)3)62(8)58(73)52(38(4)5)64(10)60(76)79-36-43-28-26-42(27-29-43)32-44(67)24-19-16-20-30-66-50(69)35-48(80-13)56(66)71/h15,17-18,22-23,26-29,37-40,45-48,51-54H,14,16,19-21,24-25,30-36H2,1-13H3,(H,61,70)(H,74,75)/t39-,40+,45-,46-,47+,48?,51-,52-,53-,54+/m0/s1. The van der Waals surface area contributed by atoms with Crippen LogP contribution in [-0.4, -0.2) is 185 Å². The van der Waals surface area contributed by atoms with Crippen molar-refractivity contribution in [1.82, 2.24) is 29.8 Å². The van der Waals surface area contributed by atoms with Crippen LogP contribution >= 0.6 is 11.8 Å². The third-order valence-corrected chi connectivity index (χ3v) is 16.9.